The van der Waals surface area contributed by atoms with E-state index in [1.807, 2.05) is 60.5 Å². The van der Waals surface area contributed by atoms with Gasteiger partial charge in [-0.05, 0) is 23.3 Å². The summed E-state index contributed by atoms with van der Waals surface area (Å²) in [4.78, 5) is 14.2. The number of aromatic nitrogens is 2. The summed E-state index contributed by atoms with van der Waals surface area (Å²) >= 11 is 0. The lowest BCUT2D eigenvalue weighted by Crippen LogP contribution is -2.07. The van der Waals surface area contributed by atoms with E-state index in [0.29, 0.717) is 0 Å². The van der Waals surface area contributed by atoms with Crippen LogP contribution in [0, 0.1) is 0 Å². The molecule has 0 aliphatic heterocycles. The number of aromatic amines is 1. The Hall–Kier alpha value is -2.49. The lowest BCUT2D eigenvalue weighted by atomic mass is 9.90. The van der Waals surface area contributed by atoms with E-state index in [2.05, 4.69) is 4.98 Å². The van der Waals surface area contributed by atoms with Crippen molar-refractivity contribution >= 4 is 16.9 Å². The van der Waals surface area contributed by atoms with Gasteiger partial charge < -0.3 is 14.7 Å². The number of benzene rings is 1. The number of aliphatic carboxylic acids is 1. The summed E-state index contributed by atoms with van der Waals surface area (Å²) in [5.41, 5.74) is 3.18. The zero-order chi connectivity index (χ0) is 14.1. The SMILES string of the molecule is Cn1cc(C(CC(=O)O)c2cc[nH]c2)c2ccccc21. The van der Waals surface area contributed by atoms with Gasteiger partial charge in [-0.3, -0.25) is 4.79 Å². The minimum absolute atomic E-state index is 0.0891. The summed E-state index contributed by atoms with van der Waals surface area (Å²) in [5.74, 6) is -0.922. The fraction of sp³-hybridized carbons (Fsp3) is 0.188. The summed E-state index contributed by atoms with van der Waals surface area (Å²) in [5, 5.41) is 10.3. The molecule has 4 nitrogen and oxygen atoms in total. The van der Waals surface area contributed by atoms with Crippen molar-refractivity contribution < 1.29 is 9.90 Å². The molecule has 0 radical (unpaired) electrons. The number of H-pyrrole nitrogens is 1. The molecule has 0 saturated carbocycles. The van der Waals surface area contributed by atoms with Crippen molar-refractivity contribution in [3.05, 3.63) is 60.0 Å². The standard InChI is InChI=1S/C16H16N2O2/c1-18-10-14(12-4-2-3-5-15(12)18)13(8-16(19)20)11-6-7-17-9-11/h2-7,9-10,13,17H,8H2,1H3,(H,19,20). The van der Waals surface area contributed by atoms with E-state index < -0.39 is 5.97 Å². The number of fused-ring (bicyclic) bond motifs is 1. The van der Waals surface area contributed by atoms with Crippen LogP contribution in [0.15, 0.2) is 48.9 Å². The maximum atomic E-state index is 11.2. The monoisotopic (exact) mass is 268 g/mol. The molecule has 0 spiro atoms. The molecule has 1 aromatic carbocycles. The molecular weight excluding hydrogens is 252 g/mol. The van der Waals surface area contributed by atoms with E-state index in [4.69, 9.17) is 0 Å². The van der Waals surface area contributed by atoms with Crippen molar-refractivity contribution in [3.8, 4) is 0 Å². The molecule has 2 aromatic heterocycles. The normalized spacial score (nSPS) is 12.7. The maximum absolute atomic E-state index is 11.2. The quantitative estimate of drug-likeness (QED) is 0.763. The van der Waals surface area contributed by atoms with Crippen molar-refractivity contribution in [2.75, 3.05) is 0 Å². The van der Waals surface area contributed by atoms with Crippen LogP contribution in [-0.2, 0) is 11.8 Å². The molecule has 2 heterocycles. The molecule has 1 unspecified atom stereocenters. The second kappa shape index (κ2) is 4.89. The zero-order valence-electron chi connectivity index (χ0n) is 11.2. The van der Waals surface area contributed by atoms with Crippen molar-refractivity contribution in [1.29, 1.82) is 0 Å². The molecule has 1 atom stereocenters. The number of para-hydroxylation sites is 1. The van der Waals surface area contributed by atoms with E-state index in [-0.39, 0.29) is 12.3 Å². The number of carboxylic acid groups (broad SMARTS) is 1. The molecule has 0 aliphatic rings. The summed E-state index contributed by atoms with van der Waals surface area (Å²) in [6.07, 6.45) is 5.82. The highest BCUT2D eigenvalue weighted by Crippen LogP contribution is 2.34. The molecule has 0 amide bonds. The predicted molar refractivity (Wildman–Crippen MR) is 77.8 cm³/mol. The molecule has 0 saturated heterocycles. The first-order valence-corrected chi connectivity index (χ1v) is 6.55. The third kappa shape index (κ3) is 2.09. The number of nitrogens with zero attached hydrogens (tertiary/aromatic N) is 1. The van der Waals surface area contributed by atoms with E-state index in [1.54, 1.807) is 0 Å². The van der Waals surface area contributed by atoms with Gasteiger partial charge in [0.05, 0.1) is 6.42 Å². The molecule has 3 rings (SSSR count). The Balaban J connectivity index is 2.16. The van der Waals surface area contributed by atoms with Gasteiger partial charge in [-0.1, -0.05) is 18.2 Å². The van der Waals surface area contributed by atoms with Gasteiger partial charge in [0, 0.05) is 42.5 Å². The number of aryl methyl sites for hydroxylation is 1. The second-order valence-electron chi connectivity index (χ2n) is 5.01. The molecule has 0 bridgehead atoms. The van der Waals surface area contributed by atoms with Crippen LogP contribution < -0.4 is 0 Å². The summed E-state index contributed by atoms with van der Waals surface area (Å²) in [7, 11) is 1.99. The van der Waals surface area contributed by atoms with Crippen LogP contribution in [0.1, 0.15) is 23.5 Å². The average molecular weight is 268 g/mol. The van der Waals surface area contributed by atoms with Gasteiger partial charge in [-0.25, -0.2) is 0 Å². The molecular formula is C16H16N2O2. The fourth-order valence-corrected chi connectivity index (χ4v) is 2.79. The lowest BCUT2D eigenvalue weighted by molar-refractivity contribution is -0.137. The first-order valence-electron chi connectivity index (χ1n) is 6.55. The number of rotatable bonds is 4. The van der Waals surface area contributed by atoms with Gasteiger partial charge in [0.15, 0.2) is 0 Å². The Bertz CT molecular complexity index is 741. The van der Waals surface area contributed by atoms with E-state index >= 15 is 0 Å². The maximum Gasteiger partial charge on any atom is 0.304 e. The Kier molecular flexibility index (Phi) is 3.06. The van der Waals surface area contributed by atoms with Crippen molar-refractivity contribution in [2.45, 2.75) is 12.3 Å². The highest BCUT2D eigenvalue weighted by molar-refractivity contribution is 5.85. The van der Waals surface area contributed by atoms with Crippen LogP contribution in [0.2, 0.25) is 0 Å². The van der Waals surface area contributed by atoms with Crippen LogP contribution in [0.4, 0.5) is 0 Å². The van der Waals surface area contributed by atoms with Gasteiger partial charge in [-0.2, -0.15) is 0 Å². The highest BCUT2D eigenvalue weighted by Gasteiger charge is 2.22. The van der Waals surface area contributed by atoms with Crippen LogP contribution in [0.5, 0.6) is 0 Å². The molecule has 0 fully saturated rings. The molecule has 4 heteroatoms. The number of carboxylic acids is 1. The van der Waals surface area contributed by atoms with E-state index in [0.717, 1.165) is 22.0 Å². The van der Waals surface area contributed by atoms with Gasteiger partial charge >= 0.3 is 5.97 Å². The van der Waals surface area contributed by atoms with Crippen molar-refractivity contribution in [2.24, 2.45) is 7.05 Å². The molecule has 102 valence electrons. The van der Waals surface area contributed by atoms with E-state index in [1.165, 1.54) is 0 Å². The molecule has 3 aromatic rings. The number of hydrogen-bond acceptors (Lipinski definition) is 1. The minimum atomic E-state index is -0.788. The van der Waals surface area contributed by atoms with Crippen molar-refractivity contribution in [1.82, 2.24) is 9.55 Å². The highest BCUT2D eigenvalue weighted by atomic mass is 16.4. The number of nitrogens with one attached hydrogen (secondary N) is 1. The van der Waals surface area contributed by atoms with E-state index in [9.17, 15) is 9.90 Å². The molecule has 2 N–H and O–H groups in total. The van der Waals surface area contributed by atoms with Crippen LogP contribution >= 0.6 is 0 Å². The Morgan fingerprint density at radius 3 is 2.85 bits per heavy atom. The zero-order valence-corrected chi connectivity index (χ0v) is 11.2. The smallest absolute Gasteiger partial charge is 0.304 e. The molecule has 20 heavy (non-hydrogen) atoms. The average Bonchev–Trinajstić information content (AvgIpc) is 3.05. The Labute approximate surface area is 116 Å². The number of hydrogen-bond donors (Lipinski definition) is 2. The van der Waals surface area contributed by atoms with Crippen molar-refractivity contribution in [3.63, 3.8) is 0 Å². The second-order valence-corrected chi connectivity index (χ2v) is 5.01. The van der Waals surface area contributed by atoms with Crippen LogP contribution in [-0.4, -0.2) is 20.6 Å². The van der Waals surface area contributed by atoms with Gasteiger partial charge in [0.25, 0.3) is 0 Å². The van der Waals surface area contributed by atoms with Gasteiger partial charge in [0.1, 0.15) is 0 Å². The topological polar surface area (TPSA) is 58.0 Å². The third-order valence-electron chi connectivity index (χ3n) is 3.71. The summed E-state index contributed by atoms with van der Waals surface area (Å²) in [6.45, 7) is 0. The third-order valence-corrected chi connectivity index (χ3v) is 3.71. The number of carbonyl (C=O) groups is 1. The predicted octanol–water partition coefficient (Wildman–Crippen LogP) is 3.11. The molecule has 0 aliphatic carbocycles. The Morgan fingerprint density at radius 2 is 2.15 bits per heavy atom. The van der Waals surface area contributed by atoms with Crippen LogP contribution in [0.25, 0.3) is 10.9 Å². The first-order chi connectivity index (χ1) is 9.66. The lowest BCUT2D eigenvalue weighted by Gasteiger charge is -2.12. The Morgan fingerprint density at radius 1 is 1.35 bits per heavy atom. The largest absolute Gasteiger partial charge is 0.481 e. The van der Waals surface area contributed by atoms with Crippen LogP contribution in [0.3, 0.4) is 0 Å². The fourth-order valence-electron chi connectivity index (χ4n) is 2.79. The van der Waals surface area contributed by atoms with Gasteiger partial charge in [-0.15, -0.1) is 0 Å². The minimum Gasteiger partial charge on any atom is -0.481 e. The summed E-state index contributed by atoms with van der Waals surface area (Å²) in [6, 6.07) is 10.0. The van der Waals surface area contributed by atoms with Gasteiger partial charge in [0.2, 0.25) is 0 Å². The summed E-state index contributed by atoms with van der Waals surface area (Å²) < 4.78 is 2.05. The first kappa shape index (κ1) is 12.5.